The van der Waals surface area contributed by atoms with Crippen LogP contribution in [0.15, 0.2) is 22.7 Å². The fourth-order valence-corrected chi connectivity index (χ4v) is 3.01. The Morgan fingerprint density at radius 3 is 2.81 bits per heavy atom. The van der Waals surface area contributed by atoms with Crippen molar-refractivity contribution in [3.05, 3.63) is 33.9 Å². The summed E-state index contributed by atoms with van der Waals surface area (Å²) in [5, 5.41) is 4.58. The molecule has 0 saturated heterocycles. The van der Waals surface area contributed by atoms with E-state index in [4.69, 9.17) is 5.73 Å². The van der Waals surface area contributed by atoms with E-state index in [1.807, 2.05) is 22.4 Å². The lowest BCUT2D eigenvalue weighted by atomic mass is 10.2. The number of benzene rings is 1. The molecule has 0 saturated carbocycles. The van der Waals surface area contributed by atoms with Gasteiger partial charge in [0.25, 0.3) is 0 Å². The van der Waals surface area contributed by atoms with Gasteiger partial charge in [-0.25, -0.2) is 9.67 Å². The third-order valence-corrected chi connectivity index (χ3v) is 4.12. The predicted octanol–water partition coefficient (Wildman–Crippen LogP) is 3.36. The molecule has 110 valence electrons. The first-order chi connectivity index (χ1) is 10.0. The molecule has 0 fully saturated rings. The smallest absolute Gasteiger partial charge is 0.207 e. The van der Waals surface area contributed by atoms with Crippen LogP contribution in [-0.4, -0.2) is 19.3 Å². The van der Waals surface area contributed by atoms with Gasteiger partial charge in [-0.15, -0.1) is 0 Å². The van der Waals surface area contributed by atoms with Gasteiger partial charge in [0.05, 0.1) is 11.4 Å². The minimum absolute atomic E-state index is 0.497. The summed E-state index contributed by atoms with van der Waals surface area (Å²) in [6, 6.07) is 6.14. The van der Waals surface area contributed by atoms with Gasteiger partial charge >= 0.3 is 0 Å². The van der Waals surface area contributed by atoms with Gasteiger partial charge in [-0.1, -0.05) is 35.3 Å². The minimum atomic E-state index is 0.497. The zero-order valence-corrected chi connectivity index (χ0v) is 14.0. The molecular formula is C15H18BrN5. The molecule has 1 aromatic carbocycles. The summed E-state index contributed by atoms with van der Waals surface area (Å²) < 4.78 is 4.85. The van der Waals surface area contributed by atoms with Gasteiger partial charge in [-0.3, -0.25) is 4.57 Å². The number of aromatic nitrogens is 4. The first-order valence-electron chi connectivity index (χ1n) is 6.99. The number of rotatable bonds is 3. The average Bonchev–Trinajstić information content (AvgIpc) is 2.91. The van der Waals surface area contributed by atoms with Gasteiger partial charge < -0.3 is 5.73 Å². The Bertz CT molecular complexity index is 815. The Labute approximate surface area is 131 Å². The summed E-state index contributed by atoms with van der Waals surface area (Å²) >= 11 is 3.52. The summed E-state index contributed by atoms with van der Waals surface area (Å²) in [5.41, 5.74) is 11.2. The van der Waals surface area contributed by atoms with Crippen molar-refractivity contribution >= 4 is 33.0 Å². The van der Waals surface area contributed by atoms with Crippen molar-refractivity contribution in [1.29, 1.82) is 0 Å². The van der Waals surface area contributed by atoms with E-state index in [0.717, 1.165) is 45.4 Å². The van der Waals surface area contributed by atoms with E-state index in [-0.39, 0.29) is 0 Å². The van der Waals surface area contributed by atoms with Gasteiger partial charge in [-0.05, 0) is 31.0 Å². The lowest BCUT2D eigenvalue weighted by molar-refractivity contribution is 0.737. The Morgan fingerprint density at radius 1 is 1.33 bits per heavy atom. The summed E-state index contributed by atoms with van der Waals surface area (Å²) in [6.07, 6.45) is 1.94. The standard InChI is InChI=1S/C15H18BrN5/c1-4-5-11-13-14(20(3)19-11)21(15(17)18-13)12-8-10(16)7-6-9(12)2/h6-8H,4-5H2,1-3H3,(H2,17,18). The maximum absolute atomic E-state index is 6.18. The number of aryl methyl sites for hydroxylation is 3. The molecule has 6 heteroatoms. The van der Waals surface area contributed by atoms with Crippen molar-refractivity contribution < 1.29 is 0 Å². The van der Waals surface area contributed by atoms with Crippen LogP contribution in [0.4, 0.5) is 5.95 Å². The zero-order valence-electron chi connectivity index (χ0n) is 12.4. The summed E-state index contributed by atoms with van der Waals surface area (Å²) in [4.78, 5) is 4.54. The van der Waals surface area contributed by atoms with Crippen molar-refractivity contribution in [1.82, 2.24) is 19.3 Å². The van der Waals surface area contributed by atoms with E-state index in [1.165, 1.54) is 0 Å². The molecule has 2 N–H and O–H groups in total. The van der Waals surface area contributed by atoms with Crippen LogP contribution in [0, 0.1) is 6.92 Å². The van der Waals surface area contributed by atoms with Crippen LogP contribution in [0.25, 0.3) is 16.9 Å². The van der Waals surface area contributed by atoms with E-state index in [9.17, 15) is 0 Å². The molecule has 5 nitrogen and oxygen atoms in total. The molecule has 3 rings (SSSR count). The Kier molecular flexibility index (Phi) is 3.49. The van der Waals surface area contributed by atoms with Crippen molar-refractivity contribution in [3.8, 4) is 5.69 Å². The van der Waals surface area contributed by atoms with Crippen LogP contribution < -0.4 is 5.73 Å². The lowest BCUT2D eigenvalue weighted by Gasteiger charge is -2.10. The molecule has 0 atom stereocenters. The van der Waals surface area contributed by atoms with Crippen LogP contribution in [0.3, 0.4) is 0 Å². The van der Waals surface area contributed by atoms with E-state index in [2.05, 4.69) is 52.0 Å². The second-order valence-electron chi connectivity index (χ2n) is 5.23. The highest BCUT2D eigenvalue weighted by molar-refractivity contribution is 9.10. The highest BCUT2D eigenvalue weighted by Crippen LogP contribution is 2.29. The number of nitrogens with zero attached hydrogens (tertiary/aromatic N) is 4. The van der Waals surface area contributed by atoms with Gasteiger partial charge in [-0.2, -0.15) is 5.10 Å². The van der Waals surface area contributed by atoms with E-state index in [0.29, 0.717) is 5.95 Å². The summed E-state index contributed by atoms with van der Waals surface area (Å²) in [7, 11) is 1.94. The number of fused-ring (bicyclic) bond motifs is 1. The quantitative estimate of drug-likeness (QED) is 0.789. The maximum atomic E-state index is 6.18. The first kappa shape index (κ1) is 14.1. The predicted molar refractivity (Wildman–Crippen MR) is 88.7 cm³/mol. The van der Waals surface area contributed by atoms with E-state index < -0.39 is 0 Å². The Morgan fingerprint density at radius 2 is 2.10 bits per heavy atom. The van der Waals surface area contributed by atoms with Crippen LogP contribution in [0.2, 0.25) is 0 Å². The molecule has 0 spiro atoms. The SMILES string of the molecule is CCCc1nn(C)c2c1nc(N)n2-c1cc(Br)ccc1C. The molecule has 0 amide bonds. The molecule has 0 bridgehead atoms. The lowest BCUT2D eigenvalue weighted by Crippen LogP contribution is -2.06. The normalized spacial score (nSPS) is 11.4. The summed E-state index contributed by atoms with van der Waals surface area (Å²) in [6.45, 7) is 4.20. The van der Waals surface area contributed by atoms with E-state index >= 15 is 0 Å². The van der Waals surface area contributed by atoms with Gasteiger partial charge in [0.15, 0.2) is 5.65 Å². The van der Waals surface area contributed by atoms with E-state index in [1.54, 1.807) is 0 Å². The Balaban J connectivity index is 2.32. The second-order valence-corrected chi connectivity index (χ2v) is 6.14. The van der Waals surface area contributed by atoms with Crippen molar-refractivity contribution in [3.63, 3.8) is 0 Å². The van der Waals surface area contributed by atoms with Crippen LogP contribution in [0.1, 0.15) is 24.6 Å². The number of hydrogen-bond acceptors (Lipinski definition) is 3. The van der Waals surface area contributed by atoms with Crippen LogP contribution in [-0.2, 0) is 13.5 Å². The van der Waals surface area contributed by atoms with Crippen molar-refractivity contribution in [2.45, 2.75) is 26.7 Å². The molecule has 21 heavy (non-hydrogen) atoms. The molecular weight excluding hydrogens is 330 g/mol. The highest BCUT2D eigenvalue weighted by atomic mass is 79.9. The Hall–Kier alpha value is -1.82. The van der Waals surface area contributed by atoms with Crippen LogP contribution >= 0.6 is 15.9 Å². The van der Waals surface area contributed by atoms with Crippen LogP contribution in [0.5, 0.6) is 0 Å². The number of hydrogen-bond donors (Lipinski definition) is 1. The molecule has 2 heterocycles. The molecule has 2 aromatic heterocycles. The minimum Gasteiger partial charge on any atom is -0.369 e. The highest BCUT2D eigenvalue weighted by Gasteiger charge is 2.19. The summed E-state index contributed by atoms with van der Waals surface area (Å²) in [5.74, 6) is 0.497. The molecule has 0 radical (unpaired) electrons. The topological polar surface area (TPSA) is 61.7 Å². The molecule has 0 aliphatic heterocycles. The number of anilines is 1. The number of imidazole rings is 1. The first-order valence-corrected chi connectivity index (χ1v) is 7.78. The monoisotopic (exact) mass is 347 g/mol. The average molecular weight is 348 g/mol. The van der Waals surface area contributed by atoms with Gasteiger partial charge in [0, 0.05) is 11.5 Å². The fraction of sp³-hybridized carbons (Fsp3) is 0.333. The largest absolute Gasteiger partial charge is 0.369 e. The molecule has 0 unspecified atom stereocenters. The fourth-order valence-electron chi connectivity index (χ4n) is 2.66. The number of nitrogen functional groups attached to an aromatic ring is 1. The zero-order chi connectivity index (χ0) is 15.1. The van der Waals surface area contributed by atoms with Gasteiger partial charge in [0.1, 0.15) is 5.52 Å². The molecule has 0 aliphatic rings. The molecule has 3 aromatic rings. The number of nitrogens with two attached hydrogens (primary N) is 1. The van der Waals surface area contributed by atoms with Gasteiger partial charge in [0.2, 0.25) is 5.95 Å². The van der Waals surface area contributed by atoms with Crippen molar-refractivity contribution in [2.75, 3.05) is 5.73 Å². The van der Waals surface area contributed by atoms with Crippen molar-refractivity contribution in [2.24, 2.45) is 7.05 Å². The maximum Gasteiger partial charge on any atom is 0.207 e. The third kappa shape index (κ3) is 2.23. The number of halogens is 1. The second kappa shape index (κ2) is 5.18. The molecule has 0 aliphatic carbocycles. The third-order valence-electron chi connectivity index (χ3n) is 3.63.